The Hall–Kier alpha value is -0.0400. The Morgan fingerprint density at radius 2 is 1.23 bits per heavy atom. The van der Waals surface area contributed by atoms with Gasteiger partial charge in [0.25, 0.3) is 0 Å². The maximum absolute atomic E-state index is 2.45. The lowest BCUT2D eigenvalue weighted by molar-refractivity contribution is -0.918. The molecule has 0 aromatic carbocycles. The van der Waals surface area contributed by atoms with Crippen LogP contribution in [0.4, 0.5) is 0 Å². The zero-order chi connectivity index (χ0) is 9.31. The average molecular weight is 182 g/mol. The monoisotopic (exact) mass is 182 g/mol. The summed E-state index contributed by atoms with van der Waals surface area (Å²) in [7, 11) is 0. The highest BCUT2D eigenvalue weighted by Gasteiger charge is 2.40. The van der Waals surface area contributed by atoms with Crippen molar-refractivity contribution in [1.82, 2.24) is 0 Å². The fourth-order valence-electron chi connectivity index (χ4n) is 3.38. The van der Waals surface area contributed by atoms with Gasteiger partial charge in [0.2, 0.25) is 0 Å². The van der Waals surface area contributed by atoms with Gasteiger partial charge in [-0.3, -0.25) is 0 Å². The van der Waals surface area contributed by atoms with Gasteiger partial charge in [0, 0.05) is 11.8 Å². The molecule has 76 valence electrons. The van der Waals surface area contributed by atoms with Gasteiger partial charge >= 0.3 is 0 Å². The maximum atomic E-state index is 2.45. The largest absolute Gasteiger partial charge is 0.323 e. The molecule has 2 unspecified atom stereocenters. The third-order valence-corrected chi connectivity index (χ3v) is 4.34. The molecule has 2 aliphatic rings. The number of rotatable bonds is 0. The average Bonchev–Trinajstić information content (AvgIpc) is 2.29. The molecule has 0 saturated carbocycles. The van der Waals surface area contributed by atoms with Crippen molar-refractivity contribution in [3.63, 3.8) is 0 Å². The van der Waals surface area contributed by atoms with Gasteiger partial charge in [0.05, 0.1) is 26.2 Å². The van der Waals surface area contributed by atoms with E-state index in [-0.39, 0.29) is 0 Å². The molecule has 2 fully saturated rings. The highest BCUT2D eigenvalue weighted by atomic mass is 15.4. The lowest BCUT2D eigenvalue weighted by Gasteiger charge is -2.33. The van der Waals surface area contributed by atoms with Gasteiger partial charge < -0.3 is 4.48 Å². The molecule has 2 aliphatic heterocycles. The van der Waals surface area contributed by atoms with Crippen molar-refractivity contribution in [2.24, 2.45) is 11.8 Å². The molecule has 1 spiro atoms. The van der Waals surface area contributed by atoms with Crippen molar-refractivity contribution < 1.29 is 4.48 Å². The summed E-state index contributed by atoms with van der Waals surface area (Å²) in [6.07, 6.45) is 5.95. The number of nitrogens with zero attached hydrogens (tertiary/aromatic N) is 1. The molecular formula is C12H24N+. The minimum absolute atomic E-state index is 0.970. The van der Waals surface area contributed by atoms with Crippen molar-refractivity contribution >= 4 is 0 Å². The Labute approximate surface area is 82.7 Å². The molecule has 2 rings (SSSR count). The van der Waals surface area contributed by atoms with Gasteiger partial charge in [-0.15, -0.1) is 0 Å². The quantitative estimate of drug-likeness (QED) is 0.505. The van der Waals surface area contributed by atoms with Crippen LogP contribution in [-0.2, 0) is 0 Å². The molecule has 2 saturated heterocycles. The van der Waals surface area contributed by atoms with E-state index in [1.54, 1.807) is 0 Å². The van der Waals surface area contributed by atoms with E-state index in [0.717, 1.165) is 11.8 Å². The van der Waals surface area contributed by atoms with Crippen molar-refractivity contribution in [3.8, 4) is 0 Å². The van der Waals surface area contributed by atoms with Gasteiger partial charge in [-0.2, -0.15) is 0 Å². The van der Waals surface area contributed by atoms with E-state index >= 15 is 0 Å². The van der Waals surface area contributed by atoms with E-state index in [2.05, 4.69) is 13.8 Å². The highest BCUT2D eigenvalue weighted by Crippen LogP contribution is 2.32. The Morgan fingerprint density at radius 1 is 0.769 bits per heavy atom. The minimum atomic E-state index is 0.970. The third kappa shape index (κ3) is 1.90. The summed E-state index contributed by atoms with van der Waals surface area (Å²) in [6, 6.07) is 0. The van der Waals surface area contributed by atoms with Crippen LogP contribution in [0.1, 0.15) is 39.5 Å². The van der Waals surface area contributed by atoms with Crippen LogP contribution in [0, 0.1) is 11.8 Å². The molecule has 0 amide bonds. The molecule has 0 aromatic rings. The van der Waals surface area contributed by atoms with Crippen molar-refractivity contribution in [1.29, 1.82) is 0 Å². The summed E-state index contributed by atoms with van der Waals surface area (Å²) in [5.74, 6) is 1.94. The van der Waals surface area contributed by atoms with Crippen LogP contribution in [0.25, 0.3) is 0 Å². The fraction of sp³-hybridized carbons (Fsp3) is 1.00. The highest BCUT2D eigenvalue weighted by molar-refractivity contribution is 4.71. The second kappa shape index (κ2) is 3.61. The summed E-state index contributed by atoms with van der Waals surface area (Å²) >= 11 is 0. The molecule has 1 heteroatoms. The number of hydrogen-bond donors (Lipinski definition) is 0. The van der Waals surface area contributed by atoms with Crippen LogP contribution in [0.5, 0.6) is 0 Å². The predicted octanol–water partition coefficient (Wildman–Crippen LogP) is 2.66. The first-order valence-electron chi connectivity index (χ1n) is 6.07. The molecular weight excluding hydrogens is 158 g/mol. The van der Waals surface area contributed by atoms with Gasteiger partial charge in [-0.05, 0) is 25.7 Å². The number of hydrogen-bond acceptors (Lipinski definition) is 0. The van der Waals surface area contributed by atoms with Gasteiger partial charge in [-0.25, -0.2) is 0 Å². The Bertz CT molecular complexity index is 156. The Balaban J connectivity index is 2.02. The maximum Gasteiger partial charge on any atom is 0.0817 e. The SMILES string of the molecule is CC1C[N+]2(CCCCCC2)CC1C. The van der Waals surface area contributed by atoms with E-state index in [1.165, 1.54) is 56.3 Å². The summed E-state index contributed by atoms with van der Waals surface area (Å²) in [5, 5.41) is 0. The molecule has 2 heterocycles. The van der Waals surface area contributed by atoms with Crippen molar-refractivity contribution in [2.45, 2.75) is 39.5 Å². The molecule has 0 bridgehead atoms. The van der Waals surface area contributed by atoms with Gasteiger partial charge in [0.1, 0.15) is 0 Å². The molecule has 0 aromatic heterocycles. The van der Waals surface area contributed by atoms with E-state index in [4.69, 9.17) is 0 Å². The standard InChI is InChI=1S/C12H24N/c1-11-9-13(10-12(11)2)7-5-3-4-6-8-13/h11-12H,3-10H2,1-2H3/q+1. The second-order valence-corrected chi connectivity index (χ2v) is 5.52. The third-order valence-electron chi connectivity index (χ3n) is 4.34. The zero-order valence-electron chi connectivity index (χ0n) is 9.26. The Morgan fingerprint density at radius 3 is 1.69 bits per heavy atom. The molecule has 2 atom stereocenters. The van der Waals surface area contributed by atoms with Crippen LogP contribution in [-0.4, -0.2) is 30.7 Å². The topological polar surface area (TPSA) is 0 Å². The van der Waals surface area contributed by atoms with E-state index in [1.807, 2.05) is 0 Å². The van der Waals surface area contributed by atoms with E-state index in [0.29, 0.717) is 0 Å². The molecule has 0 N–H and O–H groups in total. The van der Waals surface area contributed by atoms with Crippen LogP contribution in [0.2, 0.25) is 0 Å². The van der Waals surface area contributed by atoms with E-state index in [9.17, 15) is 0 Å². The van der Waals surface area contributed by atoms with Crippen molar-refractivity contribution in [2.75, 3.05) is 26.2 Å². The molecule has 13 heavy (non-hydrogen) atoms. The second-order valence-electron chi connectivity index (χ2n) is 5.52. The lowest BCUT2D eigenvalue weighted by Crippen LogP contribution is -2.46. The molecule has 1 nitrogen and oxygen atoms in total. The molecule has 0 radical (unpaired) electrons. The smallest absolute Gasteiger partial charge is 0.0817 e. The number of quaternary nitrogens is 1. The molecule has 0 aliphatic carbocycles. The first-order chi connectivity index (χ1) is 6.22. The first-order valence-corrected chi connectivity index (χ1v) is 6.07. The predicted molar refractivity (Wildman–Crippen MR) is 56.5 cm³/mol. The van der Waals surface area contributed by atoms with Crippen LogP contribution in [0.3, 0.4) is 0 Å². The lowest BCUT2D eigenvalue weighted by atomic mass is 10.0. The normalized spacial score (nSPS) is 39.2. The fourth-order valence-corrected chi connectivity index (χ4v) is 3.38. The first kappa shape index (κ1) is 9.51. The van der Waals surface area contributed by atoms with E-state index < -0.39 is 0 Å². The minimum Gasteiger partial charge on any atom is -0.323 e. The Kier molecular flexibility index (Phi) is 2.64. The van der Waals surface area contributed by atoms with Crippen LogP contribution in [0.15, 0.2) is 0 Å². The summed E-state index contributed by atoms with van der Waals surface area (Å²) in [6.45, 7) is 10.8. The van der Waals surface area contributed by atoms with Crippen LogP contribution < -0.4 is 0 Å². The summed E-state index contributed by atoms with van der Waals surface area (Å²) < 4.78 is 1.47. The summed E-state index contributed by atoms with van der Waals surface area (Å²) in [5.41, 5.74) is 0. The zero-order valence-corrected chi connectivity index (χ0v) is 9.26. The van der Waals surface area contributed by atoms with Gasteiger partial charge in [-0.1, -0.05) is 13.8 Å². The van der Waals surface area contributed by atoms with Crippen molar-refractivity contribution in [3.05, 3.63) is 0 Å². The van der Waals surface area contributed by atoms with Gasteiger partial charge in [0.15, 0.2) is 0 Å². The summed E-state index contributed by atoms with van der Waals surface area (Å²) in [4.78, 5) is 0. The van der Waals surface area contributed by atoms with Crippen LogP contribution >= 0.6 is 0 Å².